The number of carbonyl (C=O) groups excluding carboxylic acids is 1. The number of aliphatic carboxylic acids is 1. The standard InChI is InChI=1S/C8H13NO5/c1-5(7(10)11)9-8(12)14-6-2-3-13-4-6/h5-6H,2-4H2,1H3,(H,9,12)(H,10,11)/t5-,6+/m1/s1. The van der Waals surface area contributed by atoms with E-state index in [1.165, 1.54) is 6.92 Å². The Bertz CT molecular complexity index is 224. The lowest BCUT2D eigenvalue weighted by Crippen LogP contribution is -2.40. The predicted molar refractivity (Wildman–Crippen MR) is 45.9 cm³/mol. The van der Waals surface area contributed by atoms with E-state index in [0.29, 0.717) is 19.6 Å². The first-order valence-corrected chi connectivity index (χ1v) is 4.37. The van der Waals surface area contributed by atoms with E-state index in [0.717, 1.165) is 0 Å². The average molecular weight is 203 g/mol. The van der Waals surface area contributed by atoms with Gasteiger partial charge < -0.3 is 19.9 Å². The van der Waals surface area contributed by atoms with E-state index < -0.39 is 18.1 Å². The molecule has 1 aliphatic heterocycles. The molecule has 0 aromatic rings. The van der Waals surface area contributed by atoms with Crippen LogP contribution in [0.3, 0.4) is 0 Å². The van der Waals surface area contributed by atoms with Crippen LogP contribution in [-0.4, -0.2) is 42.5 Å². The molecule has 0 aliphatic carbocycles. The molecule has 14 heavy (non-hydrogen) atoms. The summed E-state index contributed by atoms with van der Waals surface area (Å²) in [5, 5.41) is 10.7. The Morgan fingerprint density at radius 2 is 2.36 bits per heavy atom. The highest BCUT2D eigenvalue weighted by molar-refractivity contribution is 5.79. The Morgan fingerprint density at radius 3 is 2.86 bits per heavy atom. The first-order chi connectivity index (χ1) is 6.59. The van der Waals surface area contributed by atoms with Gasteiger partial charge in [-0.3, -0.25) is 4.79 Å². The summed E-state index contributed by atoms with van der Waals surface area (Å²) in [4.78, 5) is 21.4. The molecule has 80 valence electrons. The van der Waals surface area contributed by atoms with E-state index in [4.69, 9.17) is 14.6 Å². The molecule has 2 atom stereocenters. The van der Waals surface area contributed by atoms with Crippen LogP contribution < -0.4 is 5.32 Å². The zero-order valence-corrected chi connectivity index (χ0v) is 7.86. The molecular formula is C8H13NO5. The fourth-order valence-corrected chi connectivity index (χ4v) is 1.03. The number of alkyl carbamates (subject to hydrolysis) is 1. The number of hydrogen-bond acceptors (Lipinski definition) is 4. The van der Waals surface area contributed by atoms with Crippen molar-refractivity contribution in [2.24, 2.45) is 0 Å². The summed E-state index contributed by atoms with van der Waals surface area (Å²) in [5.41, 5.74) is 0. The molecule has 0 aromatic carbocycles. The first kappa shape index (κ1) is 10.8. The second-order valence-electron chi connectivity index (χ2n) is 3.10. The van der Waals surface area contributed by atoms with Crippen LogP contribution in [0.5, 0.6) is 0 Å². The Hall–Kier alpha value is -1.30. The first-order valence-electron chi connectivity index (χ1n) is 4.37. The maximum Gasteiger partial charge on any atom is 0.408 e. The number of carboxylic acid groups (broad SMARTS) is 1. The van der Waals surface area contributed by atoms with Crippen molar-refractivity contribution in [1.29, 1.82) is 0 Å². The molecule has 2 N–H and O–H groups in total. The van der Waals surface area contributed by atoms with Gasteiger partial charge in [-0.2, -0.15) is 0 Å². The summed E-state index contributed by atoms with van der Waals surface area (Å²) < 4.78 is 9.88. The van der Waals surface area contributed by atoms with Crippen LogP contribution in [-0.2, 0) is 14.3 Å². The lowest BCUT2D eigenvalue weighted by molar-refractivity contribution is -0.138. The highest BCUT2D eigenvalue weighted by atomic mass is 16.6. The second kappa shape index (κ2) is 4.80. The minimum atomic E-state index is -1.09. The molecule has 0 saturated carbocycles. The molecule has 0 radical (unpaired) electrons. The smallest absolute Gasteiger partial charge is 0.408 e. The highest BCUT2D eigenvalue weighted by Gasteiger charge is 2.22. The average Bonchev–Trinajstić information content (AvgIpc) is 2.56. The molecule has 6 heteroatoms. The molecule has 1 aliphatic rings. The molecule has 0 spiro atoms. The largest absolute Gasteiger partial charge is 0.480 e. The molecular weight excluding hydrogens is 190 g/mol. The van der Waals surface area contributed by atoms with Crippen molar-refractivity contribution in [3.63, 3.8) is 0 Å². The maximum absolute atomic E-state index is 11.1. The number of amides is 1. The maximum atomic E-state index is 11.1. The van der Waals surface area contributed by atoms with Crippen molar-refractivity contribution in [1.82, 2.24) is 5.32 Å². The number of carboxylic acids is 1. The van der Waals surface area contributed by atoms with E-state index in [-0.39, 0.29) is 6.10 Å². The van der Waals surface area contributed by atoms with E-state index >= 15 is 0 Å². The van der Waals surface area contributed by atoms with Crippen molar-refractivity contribution in [3.8, 4) is 0 Å². The van der Waals surface area contributed by atoms with Crippen LogP contribution in [0.4, 0.5) is 4.79 Å². The number of hydrogen-bond donors (Lipinski definition) is 2. The van der Waals surface area contributed by atoms with Gasteiger partial charge in [0, 0.05) is 6.42 Å². The van der Waals surface area contributed by atoms with Gasteiger partial charge in [-0.15, -0.1) is 0 Å². The Labute approximate surface area is 81.2 Å². The second-order valence-corrected chi connectivity index (χ2v) is 3.10. The number of carbonyl (C=O) groups is 2. The van der Waals surface area contributed by atoms with E-state index in [2.05, 4.69) is 5.32 Å². The highest BCUT2D eigenvalue weighted by Crippen LogP contribution is 2.07. The molecule has 0 aromatic heterocycles. The topological polar surface area (TPSA) is 84.9 Å². The minimum Gasteiger partial charge on any atom is -0.480 e. The lowest BCUT2D eigenvalue weighted by Gasteiger charge is -2.13. The Kier molecular flexibility index (Phi) is 3.70. The minimum absolute atomic E-state index is 0.254. The van der Waals surface area contributed by atoms with Crippen LogP contribution in [0.2, 0.25) is 0 Å². The summed E-state index contributed by atoms with van der Waals surface area (Å²) >= 11 is 0. The van der Waals surface area contributed by atoms with E-state index in [1.807, 2.05) is 0 Å². The molecule has 0 bridgehead atoms. The van der Waals surface area contributed by atoms with Crippen LogP contribution in [0.15, 0.2) is 0 Å². The van der Waals surface area contributed by atoms with Crippen molar-refractivity contribution >= 4 is 12.1 Å². The third-order valence-electron chi connectivity index (χ3n) is 1.87. The molecule has 1 amide bonds. The Balaban J connectivity index is 2.24. The lowest BCUT2D eigenvalue weighted by atomic mass is 10.3. The quantitative estimate of drug-likeness (QED) is 0.673. The summed E-state index contributed by atoms with van der Waals surface area (Å²) in [7, 11) is 0. The third kappa shape index (κ3) is 3.21. The Morgan fingerprint density at radius 1 is 1.64 bits per heavy atom. The molecule has 0 unspecified atom stereocenters. The summed E-state index contributed by atoms with van der Waals surface area (Å²) in [6.45, 7) is 2.33. The van der Waals surface area contributed by atoms with Gasteiger partial charge in [0.15, 0.2) is 0 Å². The molecule has 1 fully saturated rings. The van der Waals surface area contributed by atoms with Crippen molar-refractivity contribution in [2.45, 2.75) is 25.5 Å². The van der Waals surface area contributed by atoms with E-state index in [9.17, 15) is 9.59 Å². The third-order valence-corrected chi connectivity index (χ3v) is 1.87. The van der Waals surface area contributed by atoms with Gasteiger partial charge in [0.25, 0.3) is 0 Å². The van der Waals surface area contributed by atoms with Crippen LogP contribution in [0, 0.1) is 0 Å². The summed E-state index contributed by atoms with van der Waals surface area (Å²) in [6, 6.07) is -0.940. The monoisotopic (exact) mass is 203 g/mol. The van der Waals surface area contributed by atoms with Gasteiger partial charge in [-0.05, 0) is 6.92 Å². The van der Waals surface area contributed by atoms with E-state index in [1.54, 1.807) is 0 Å². The summed E-state index contributed by atoms with van der Waals surface area (Å²) in [6.07, 6.45) is -0.305. The van der Waals surface area contributed by atoms with Crippen LogP contribution in [0.1, 0.15) is 13.3 Å². The normalized spacial score (nSPS) is 22.8. The van der Waals surface area contributed by atoms with Crippen LogP contribution >= 0.6 is 0 Å². The van der Waals surface area contributed by atoms with Crippen LogP contribution in [0.25, 0.3) is 0 Å². The molecule has 6 nitrogen and oxygen atoms in total. The number of nitrogens with one attached hydrogen (secondary N) is 1. The van der Waals surface area contributed by atoms with Gasteiger partial charge in [-0.25, -0.2) is 4.79 Å². The number of rotatable bonds is 3. The zero-order chi connectivity index (χ0) is 10.6. The van der Waals surface area contributed by atoms with Crippen molar-refractivity contribution in [3.05, 3.63) is 0 Å². The fourth-order valence-electron chi connectivity index (χ4n) is 1.03. The number of ether oxygens (including phenoxy) is 2. The van der Waals surface area contributed by atoms with Crippen molar-refractivity contribution < 1.29 is 24.2 Å². The molecule has 1 heterocycles. The van der Waals surface area contributed by atoms with Gasteiger partial charge in [0.05, 0.1) is 13.2 Å². The zero-order valence-electron chi connectivity index (χ0n) is 7.86. The van der Waals surface area contributed by atoms with Crippen molar-refractivity contribution in [2.75, 3.05) is 13.2 Å². The SMILES string of the molecule is C[C@@H](NC(=O)O[C@H]1CCOC1)C(=O)O. The molecule has 1 rings (SSSR count). The van der Waals surface area contributed by atoms with Gasteiger partial charge in [-0.1, -0.05) is 0 Å². The van der Waals surface area contributed by atoms with Gasteiger partial charge >= 0.3 is 12.1 Å². The van der Waals surface area contributed by atoms with Gasteiger partial charge in [0.2, 0.25) is 0 Å². The van der Waals surface area contributed by atoms with Gasteiger partial charge in [0.1, 0.15) is 12.1 Å². The predicted octanol–water partition coefficient (Wildman–Crippen LogP) is -0.0254. The summed E-state index contributed by atoms with van der Waals surface area (Å²) in [5.74, 6) is -1.09. The fraction of sp³-hybridized carbons (Fsp3) is 0.750. The molecule has 1 saturated heterocycles.